The van der Waals surface area contributed by atoms with E-state index in [0.29, 0.717) is 29.2 Å². The Bertz CT molecular complexity index is 1180. The summed E-state index contributed by atoms with van der Waals surface area (Å²) >= 11 is 6.14. The number of nitro benzene ring substituents is 2. The second kappa shape index (κ2) is 8.11. The number of hydrogen-bond donors (Lipinski definition) is 0. The van der Waals surface area contributed by atoms with Gasteiger partial charge in [0.2, 0.25) is 0 Å². The third-order valence-corrected chi connectivity index (χ3v) is 6.73. The van der Waals surface area contributed by atoms with Crippen LogP contribution in [0.1, 0.15) is 51.1 Å². The third-order valence-electron chi connectivity index (χ3n) is 6.33. The Morgan fingerprint density at radius 1 is 1.06 bits per heavy atom. The molecule has 2 heterocycles. The number of halogens is 1. The highest BCUT2D eigenvalue weighted by Crippen LogP contribution is 2.41. The average molecular weight is 474 g/mol. The van der Waals surface area contributed by atoms with Crippen molar-refractivity contribution >= 4 is 34.7 Å². The summed E-state index contributed by atoms with van der Waals surface area (Å²) in [5.41, 5.74) is -0.717. The van der Waals surface area contributed by atoms with Crippen LogP contribution in [0.25, 0.3) is 0 Å². The van der Waals surface area contributed by atoms with E-state index in [0.717, 1.165) is 17.7 Å². The maximum Gasteiger partial charge on any atom is 0.279 e. The van der Waals surface area contributed by atoms with Crippen LogP contribution in [0.5, 0.6) is 5.75 Å². The number of ether oxygens (including phenoxy) is 1. The molecule has 33 heavy (non-hydrogen) atoms. The molecule has 0 radical (unpaired) electrons. The van der Waals surface area contributed by atoms with Crippen LogP contribution < -0.4 is 4.74 Å². The summed E-state index contributed by atoms with van der Waals surface area (Å²) < 4.78 is 6.22. The first-order chi connectivity index (χ1) is 15.5. The molecule has 0 bridgehead atoms. The van der Waals surface area contributed by atoms with Gasteiger partial charge in [0.1, 0.15) is 16.9 Å². The fourth-order valence-electron chi connectivity index (χ4n) is 4.38. The van der Waals surface area contributed by atoms with E-state index >= 15 is 0 Å². The quantitative estimate of drug-likeness (QED) is 0.476. The number of likely N-dealkylation sites (tertiary alicyclic amines) is 1. The van der Waals surface area contributed by atoms with Gasteiger partial charge < -0.3 is 9.64 Å². The number of nitro groups is 2. The van der Waals surface area contributed by atoms with Gasteiger partial charge in [0.25, 0.3) is 17.3 Å². The average Bonchev–Trinajstić information content (AvgIpc) is 2.75. The number of ketones is 1. The van der Waals surface area contributed by atoms with Gasteiger partial charge in [-0.25, -0.2) is 0 Å². The zero-order chi connectivity index (χ0) is 24.1. The lowest BCUT2D eigenvalue weighted by molar-refractivity contribution is -0.395. The molecule has 0 atom stereocenters. The zero-order valence-corrected chi connectivity index (χ0v) is 18.7. The fraction of sp³-hybridized carbons (Fsp3) is 0.364. The van der Waals surface area contributed by atoms with E-state index in [1.54, 1.807) is 12.1 Å². The van der Waals surface area contributed by atoms with Crippen LogP contribution in [0.4, 0.5) is 11.4 Å². The second-order valence-electron chi connectivity index (χ2n) is 8.43. The molecule has 10 nitrogen and oxygen atoms in total. The highest BCUT2D eigenvalue weighted by atomic mass is 35.5. The van der Waals surface area contributed by atoms with E-state index in [4.69, 9.17) is 16.3 Å². The van der Waals surface area contributed by atoms with Crippen molar-refractivity contribution in [1.29, 1.82) is 0 Å². The van der Waals surface area contributed by atoms with Gasteiger partial charge in [0, 0.05) is 43.1 Å². The van der Waals surface area contributed by atoms with Gasteiger partial charge in [0.15, 0.2) is 5.78 Å². The van der Waals surface area contributed by atoms with E-state index < -0.39 is 32.7 Å². The third kappa shape index (κ3) is 4.02. The number of carbonyl (C=O) groups excluding carboxylic acids is 2. The van der Waals surface area contributed by atoms with Crippen LogP contribution in [-0.2, 0) is 0 Å². The lowest BCUT2D eigenvalue weighted by atomic mass is 9.82. The van der Waals surface area contributed by atoms with E-state index in [9.17, 15) is 29.8 Å². The summed E-state index contributed by atoms with van der Waals surface area (Å²) in [4.78, 5) is 48.4. The van der Waals surface area contributed by atoms with Crippen molar-refractivity contribution in [1.82, 2.24) is 4.90 Å². The molecule has 2 aliphatic heterocycles. The van der Waals surface area contributed by atoms with Crippen LogP contribution in [0, 0.1) is 34.1 Å². The number of carbonyl (C=O) groups is 2. The summed E-state index contributed by atoms with van der Waals surface area (Å²) in [6.45, 7) is 3.57. The molecule has 1 fully saturated rings. The van der Waals surface area contributed by atoms with Crippen molar-refractivity contribution in [2.24, 2.45) is 0 Å². The number of nitrogens with zero attached hydrogens (tertiary/aromatic N) is 3. The lowest BCUT2D eigenvalue weighted by Crippen LogP contribution is -2.52. The molecule has 1 amide bonds. The minimum atomic E-state index is -0.758. The van der Waals surface area contributed by atoms with E-state index in [1.165, 1.54) is 11.8 Å². The lowest BCUT2D eigenvalue weighted by Gasteiger charge is -2.44. The Hall–Kier alpha value is -3.53. The van der Waals surface area contributed by atoms with Crippen LogP contribution in [-0.4, -0.2) is 45.1 Å². The predicted octanol–water partition coefficient (Wildman–Crippen LogP) is 4.41. The predicted molar refractivity (Wildman–Crippen MR) is 118 cm³/mol. The Kier molecular flexibility index (Phi) is 5.57. The molecule has 0 unspecified atom stereocenters. The van der Waals surface area contributed by atoms with E-state index in [2.05, 4.69) is 0 Å². The summed E-state index contributed by atoms with van der Waals surface area (Å²) in [6.07, 6.45) is 0.909. The first-order valence-electron chi connectivity index (χ1n) is 10.3. The molecule has 4 rings (SSSR count). The molecule has 2 aliphatic rings. The largest absolute Gasteiger partial charge is 0.486 e. The van der Waals surface area contributed by atoms with Gasteiger partial charge in [-0.1, -0.05) is 11.6 Å². The monoisotopic (exact) mass is 473 g/mol. The Morgan fingerprint density at radius 2 is 1.64 bits per heavy atom. The number of rotatable bonds is 3. The summed E-state index contributed by atoms with van der Waals surface area (Å²) in [6, 6.07) is 5.48. The fourth-order valence-corrected chi connectivity index (χ4v) is 4.54. The number of hydrogen-bond acceptors (Lipinski definition) is 7. The van der Waals surface area contributed by atoms with Gasteiger partial charge in [-0.15, -0.1) is 0 Å². The number of amides is 1. The molecule has 2 aromatic carbocycles. The molecule has 0 aliphatic carbocycles. The van der Waals surface area contributed by atoms with Crippen LogP contribution in [0.2, 0.25) is 5.02 Å². The van der Waals surface area contributed by atoms with Crippen molar-refractivity contribution in [3.8, 4) is 5.75 Å². The van der Waals surface area contributed by atoms with Crippen LogP contribution >= 0.6 is 11.6 Å². The molecule has 0 aromatic heterocycles. The maximum atomic E-state index is 13.0. The highest BCUT2D eigenvalue weighted by molar-refractivity contribution is 6.31. The van der Waals surface area contributed by atoms with Crippen molar-refractivity contribution in [3.05, 3.63) is 71.8 Å². The molecule has 1 spiro atoms. The van der Waals surface area contributed by atoms with Crippen molar-refractivity contribution in [2.75, 3.05) is 13.1 Å². The first kappa shape index (κ1) is 22.7. The molecular weight excluding hydrogens is 454 g/mol. The molecule has 0 N–H and O–H groups in total. The molecular formula is C22H20ClN3O7. The first-order valence-corrected chi connectivity index (χ1v) is 10.6. The van der Waals surface area contributed by atoms with Gasteiger partial charge in [-0.3, -0.25) is 29.8 Å². The topological polar surface area (TPSA) is 133 Å². The SMILES string of the molecule is Cc1cc2c(cc1Cl)C(=O)CC1(CCN(C(=O)c3cc([N+](=O)[O-])c(C)c([N+](=O)[O-])c3)CC1)O2. The minimum absolute atomic E-state index is 0.0808. The maximum absolute atomic E-state index is 13.0. The number of fused-ring (bicyclic) bond motifs is 1. The zero-order valence-electron chi connectivity index (χ0n) is 17.9. The van der Waals surface area contributed by atoms with Crippen LogP contribution in [0.15, 0.2) is 24.3 Å². The smallest absolute Gasteiger partial charge is 0.279 e. The molecule has 11 heteroatoms. The number of piperidine rings is 1. The summed E-state index contributed by atoms with van der Waals surface area (Å²) in [5.74, 6) is -0.151. The Morgan fingerprint density at radius 3 is 2.18 bits per heavy atom. The van der Waals surface area contributed by atoms with E-state index in [-0.39, 0.29) is 36.4 Å². The van der Waals surface area contributed by atoms with Crippen LogP contribution in [0.3, 0.4) is 0 Å². The van der Waals surface area contributed by atoms with Crippen molar-refractivity contribution in [2.45, 2.75) is 38.7 Å². The normalized spacial score (nSPS) is 16.8. The number of aryl methyl sites for hydroxylation is 1. The molecule has 172 valence electrons. The number of benzene rings is 2. The molecule has 0 saturated carbocycles. The van der Waals surface area contributed by atoms with E-state index in [1.807, 2.05) is 6.92 Å². The summed E-state index contributed by atoms with van der Waals surface area (Å²) in [7, 11) is 0. The standard InChI is InChI=1S/C22H20ClN3O7/c1-12-7-20-15(10-16(12)23)19(27)11-22(33-20)3-5-24(6-4-22)21(28)14-8-17(25(29)30)13(2)18(9-14)26(31)32/h7-10H,3-6,11H2,1-2H3. The highest BCUT2D eigenvalue weighted by Gasteiger charge is 2.44. The van der Waals surface area contributed by atoms with Crippen molar-refractivity contribution in [3.63, 3.8) is 0 Å². The second-order valence-corrected chi connectivity index (χ2v) is 8.84. The molecule has 1 saturated heterocycles. The van der Waals surface area contributed by atoms with Gasteiger partial charge in [-0.05, 0) is 31.5 Å². The van der Waals surface area contributed by atoms with Crippen molar-refractivity contribution < 1.29 is 24.2 Å². The molecule has 2 aromatic rings. The minimum Gasteiger partial charge on any atom is -0.486 e. The summed E-state index contributed by atoms with van der Waals surface area (Å²) in [5, 5.41) is 23.1. The van der Waals surface area contributed by atoms with Gasteiger partial charge >= 0.3 is 0 Å². The van der Waals surface area contributed by atoms with Gasteiger partial charge in [0.05, 0.1) is 27.4 Å². The van der Waals surface area contributed by atoms with Gasteiger partial charge in [-0.2, -0.15) is 0 Å². The number of Topliss-reactive ketones (excluding diaryl/α,β-unsaturated/α-hetero) is 1. The Labute approximate surface area is 193 Å². The Balaban J connectivity index is 1.55.